The maximum absolute atomic E-state index is 5.36. The highest BCUT2D eigenvalue weighted by molar-refractivity contribution is 5.92. The van der Waals surface area contributed by atoms with Crippen LogP contribution in [0, 0.1) is 0 Å². The van der Waals surface area contributed by atoms with Gasteiger partial charge in [0, 0.05) is 6.21 Å². The summed E-state index contributed by atoms with van der Waals surface area (Å²) < 4.78 is 10.7. The number of ether oxygens (including phenoxy) is 2. The maximum Gasteiger partial charge on any atom is 0.118 e. The van der Waals surface area contributed by atoms with E-state index in [4.69, 9.17) is 14.6 Å². The second-order valence-electron chi connectivity index (χ2n) is 8.65. The lowest BCUT2D eigenvalue weighted by Gasteiger charge is -2.20. The van der Waals surface area contributed by atoms with Crippen LogP contribution in [0.4, 0.5) is 11.4 Å². The lowest BCUT2D eigenvalue weighted by molar-refractivity contribution is 0.414. The lowest BCUT2D eigenvalue weighted by Crippen LogP contribution is -2.09. The first-order chi connectivity index (χ1) is 18.1. The number of hydrazone groups is 1. The van der Waals surface area contributed by atoms with Gasteiger partial charge in [0.2, 0.25) is 0 Å². The predicted molar refractivity (Wildman–Crippen MR) is 155 cm³/mol. The summed E-state index contributed by atoms with van der Waals surface area (Å²) in [5, 5.41) is 6.90. The molecule has 0 unspecified atom stereocenters. The Labute approximate surface area is 220 Å². The Bertz CT molecular complexity index is 1220. The van der Waals surface area contributed by atoms with Gasteiger partial charge in [-0.2, -0.15) is 5.10 Å². The topological polar surface area (TPSA) is 34.1 Å². The summed E-state index contributed by atoms with van der Waals surface area (Å²) in [6.45, 7) is 4.33. The smallest absolute Gasteiger partial charge is 0.118 e. The molecule has 0 heterocycles. The average Bonchev–Trinajstić information content (AvgIpc) is 2.98. The van der Waals surface area contributed by atoms with E-state index in [0.717, 1.165) is 52.4 Å². The van der Waals surface area contributed by atoms with Crippen molar-refractivity contribution in [3.63, 3.8) is 0 Å². The van der Waals surface area contributed by atoms with E-state index in [1.54, 1.807) is 14.2 Å². The van der Waals surface area contributed by atoms with Crippen molar-refractivity contribution in [1.29, 1.82) is 0 Å². The molecule has 0 aliphatic rings. The summed E-state index contributed by atoms with van der Waals surface area (Å²) in [5.41, 5.74) is 7.83. The average molecular weight is 491 g/mol. The standard InChI is InChI=1S/C33H34N2O2/c1-5-25-7-15-29(16-8-25)35(30-17-9-26(6-2)10-18-30)34-24-23-33(27-11-19-31(36-3)20-12-27)28-13-21-32(37-4)22-14-28/h7-24H,5-6H2,1-4H3. The molecule has 37 heavy (non-hydrogen) atoms. The molecule has 0 radical (unpaired) electrons. The first-order valence-electron chi connectivity index (χ1n) is 12.7. The van der Waals surface area contributed by atoms with Crippen molar-refractivity contribution < 1.29 is 9.47 Å². The fraction of sp³-hybridized carbons (Fsp3) is 0.182. The number of nitrogens with zero attached hydrogens (tertiary/aromatic N) is 2. The summed E-state index contributed by atoms with van der Waals surface area (Å²) in [6.07, 6.45) is 5.93. The zero-order valence-electron chi connectivity index (χ0n) is 22.0. The highest BCUT2D eigenvalue weighted by Gasteiger charge is 2.09. The van der Waals surface area contributed by atoms with Gasteiger partial charge in [-0.15, -0.1) is 0 Å². The molecule has 0 amide bonds. The molecule has 4 aromatic rings. The Balaban J connectivity index is 1.74. The molecule has 0 saturated heterocycles. The molecule has 188 valence electrons. The first kappa shape index (κ1) is 25.8. The molecule has 4 aromatic carbocycles. The Hall–Kier alpha value is -4.31. The van der Waals surface area contributed by atoms with E-state index >= 15 is 0 Å². The number of anilines is 2. The van der Waals surface area contributed by atoms with Gasteiger partial charge < -0.3 is 9.47 Å². The maximum atomic E-state index is 5.36. The molecule has 4 nitrogen and oxygen atoms in total. The molecule has 0 bridgehead atoms. The van der Waals surface area contributed by atoms with Crippen molar-refractivity contribution in [3.05, 3.63) is 125 Å². The van der Waals surface area contributed by atoms with Crippen LogP contribution in [0.15, 0.2) is 108 Å². The molecule has 0 aromatic heterocycles. The number of hydrogen-bond donors (Lipinski definition) is 0. The molecule has 0 aliphatic carbocycles. The van der Waals surface area contributed by atoms with E-state index in [-0.39, 0.29) is 0 Å². The molecule has 0 spiro atoms. The Kier molecular flexibility index (Phi) is 8.77. The molecule has 4 heteroatoms. The van der Waals surface area contributed by atoms with E-state index in [1.807, 2.05) is 35.5 Å². The quantitative estimate of drug-likeness (QED) is 0.166. The molecule has 0 fully saturated rings. The van der Waals surface area contributed by atoms with E-state index < -0.39 is 0 Å². The third-order valence-electron chi connectivity index (χ3n) is 6.40. The van der Waals surface area contributed by atoms with E-state index in [9.17, 15) is 0 Å². The minimum Gasteiger partial charge on any atom is -0.497 e. The number of hydrogen-bond acceptors (Lipinski definition) is 4. The van der Waals surface area contributed by atoms with Gasteiger partial charge in [-0.1, -0.05) is 62.4 Å². The number of allylic oxidation sites excluding steroid dienone is 1. The van der Waals surface area contributed by atoms with Gasteiger partial charge in [0.1, 0.15) is 11.5 Å². The van der Waals surface area contributed by atoms with Crippen molar-refractivity contribution >= 4 is 23.2 Å². The van der Waals surface area contributed by atoms with Gasteiger partial charge >= 0.3 is 0 Å². The van der Waals surface area contributed by atoms with Crippen LogP contribution in [-0.2, 0) is 12.8 Å². The van der Waals surface area contributed by atoms with Crippen LogP contribution < -0.4 is 14.5 Å². The van der Waals surface area contributed by atoms with Gasteiger partial charge in [0.05, 0.1) is 25.6 Å². The zero-order valence-corrected chi connectivity index (χ0v) is 22.0. The van der Waals surface area contributed by atoms with Gasteiger partial charge in [0.25, 0.3) is 0 Å². The lowest BCUT2D eigenvalue weighted by atomic mass is 9.97. The third kappa shape index (κ3) is 6.47. The SMILES string of the molecule is CCc1ccc(N(N=CC=C(c2ccc(OC)cc2)c2ccc(OC)cc2)c2ccc(CC)cc2)cc1. The van der Waals surface area contributed by atoms with Crippen LogP contribution in [-0.4, -0.2) is 20.4 Å². The van der Waals surface area contributed by atoms with Gasteiger partial charge in [-0.3, -0.25) is 0 Å². The van der Waals surface area contributed by atoms with Crippen LogP contribution in [0.1, 0.15) is 36.1 Å². The summed E-state index contributed by atoms with van der Waals surface area (Å²) in [6, 6.07) is 33.3. The molecule has 4 rings (SSSR count). The van der Waals surface area contributed by atoms with E-state index in [1.165, 1.54) is 11.1 Å². The van der Waals surface area contributed by atoms with Crippen molar-refractivity contribution in [2.75, 3.05) is 19.2 Å². The fourth-order valence-corrected chi connectivity index (χ4v) is 4.10. The highest BCUT2D eigenvalue weighted by atomic mass is 16.5. The number of rotatable bonds is 10. The Morgan fingerprint density at radius 3 is 1.38 bits per heavy atom. The second-order valence-corrected chi connectivity index (χ2v) is 8.65. The molecule has 0 saturated carbocycles. The van der Waals surface area contributed by atoms with E-state index in [2.05, 4.69) is 92.7 Å². The van der Waals surface area contributed by atoms with Gasteiger partial charge in [-0.05, 0) is 95.3 Å². The Morgan fingerprint density at radius 2 is 1.03 bits per heavy atom. The largest absolute Gasteiger partial charge is 0.497 e. The Morgan fingerprint density at radius 1 is 0.622 bits per heavy atom. The molecule has 0 aliphatic heterocycles. The van der Waals surface area contributed by atoms with Crippen LogP contribution >= 0.6 is 0 Å². The first-order valence-corrected chi connectivity index (χ1v) is 12.7. The van der Waals surface area contributed by atoms with Gasteiger partial charge in [-0.25, -0.2) is 5.01 Å². The van der Waals surface area contributed by atoms with Gasteiger partial charge in [0.15, 0.2) is 0 Å². The van der Waals surface area contributed by atoms with E-state index in [0.29, 0.717) is 0 Å². The van der Waals surface area contributed by atoms with Crippen LogP contribution in [0.5, 0.6) is 11.5 Å². The molecular weight excluding hydrogens is 456 g/mol. The number of benzene rings is 4. The third-order valence-corrected chi connectivity index (χ3v) is 6.40. The predicted octanol–water partition coefficient (Wildman–Crippen LogP) is 8.08. The number of aryl methyl sites for hydroxylation is 2. The van der Waals surface area contributed by atoms with Crippen molar-refractivity contribution in [3.8, 4) is 11.5 Å². The second kappa shape index (κ2) is 12.6. The summed E-state index contributed by atoms with van der Waals surface area (Å²) in [5.74, 6) is 1.65. The van der Waals surface area contributed by atoms with Crippen LogP contribution in [0.3, 0.4) is 0 Å². The van der Waals surface area contributed by atoms with Crippen molar-refractivity contribution in [2.24, 2.45) is 5.10 Å². The monoisotopic (exact) mass is 490 g/mol. The summed E-state index contributed by atoms with van der Waals surface area (Å²) >= 11 is 0. The summed E-state index contributed by atoms with van der Waals surface area (Å²) in [4.78, 5) is 0. The zero-order chi connectivity index (χ0) is 26.0. The molecule has 0 atom stereocenters. The highest BCUT2D eigenvalue weighted by Crippen LogP contribution is 2.29. The summed E-state index contributed by atoms with van der Waals surface area (Å²) in [7, 11) is 3.35. The normalized spacial score (nSPS) is 10.8. The molecular formula is C33H34N2O2. The fourth-order valence-electron chi connectivity index (χ4n) is 4.10. The minimum absolute atomic E-state index is 0.823. The minimum atomic E-state index is 0.823. The van der Waals surface area contributed by atoms with Crippen LogP contribution in [0.2, 0.25) is 0 Å². The number of methoxy groups -OCH3 is 2. The molecule has 0 N–H and O–H groups in total. The van der Waals surface area contributed by atoms with Crippen molar-refractivity contribution in [1.82, 2.24) is 0 Å². The van der Waals surface area contributed by atoms with Crippen molar-refractivity contribution in [2.45, 2.75) is 26.7 Å². The van der Waals surface area contributed by atoms with Crippen LogP contribution in [0.25, 0.3) is 5.57 Å².